The minimum Gasteiger partial charge on any atom is -0.493 e. The van der Waals surface area contributed by atoms with Gasteiger partial charge in [0.15, 0.2) is 11.5 Å². The Hall–Kier alpha value is -4.04. The van der Waals surface area contributed by atoms with Gasteiger partial charge in [-0.1, -0.05) is 55.5 Å². The van der Waals surface area contributed by atoms with E-state index >= 15 is 0 Å². The number of nitrogens with zero attached hydrogens (tertiary/aromatic N) is 1. The number of methoxy groups -OCH3 is 1. The second kappa shape index (κ2) is 10.7. The Morgan fingerprint density at radius 3 is 2.39 bits per heavy atom. The van der Waals surface area contributed by atoms with Crippen molar-refractivity contribution in [3.8, 4) is 17.6 Å². The monoisotopic (exact) mass is 412 g/mol. The predicted molar refractivity (Wildman–Crippen MR) is 122 cm³/mol. The first-order valence-electron chi connectivity index (χ1n) is 9.99. The molecule has 1 amide bonds. The van der Waals surface area contributed by atoms with Crippen molar-refractivity contribution >= 4 is 17.7 Å². The number of anilines is 1. The Balaban J connectivity index is 1.73. The molecule has 1 N–H and O–H groups in total. The van der Waals surface area contributed by atoms with E-state index in [9.17, 15) is 10.1 Å². The van der Waals surface area contributed by atoms with Crippen LogP contribution in [-0.4, -0.2) is 13.0 Å². The molecule has 0 spiro atoms. The first-order chi connectivity index (χ1) is 15.1. The van der Waals surface area contributed by atoms with Gasteiger partial charge >= 0.3 is 0 Å². The van der Waals surface area contributed by atoms with Gasteiger partial charge in [-0.15, -0.1) is 0 Å². The topological polar surface area (TPSA) is 71.4 Å². The van der Waals surface area contributed by atoms with Crippen molar-refractivity contribution in [3.63, 3.8) is 0 Å². The number of ether oxygens (including phenoxy) is 2. The fourth-order valence-electron chi connectivity index (χ4n) is 2.97. The maximum absolute atomic E-state index is 12.5. The third-order valence-corrected chi connectivity index (χ3v) is 4.72. The molecule has 0 saturated heterocycles. The van der Waals surface area contributed by atoms with Crippen LogP contribution < -0.4 is 14.8 Å². The van der Waals surface area contributed by atoms with Crippen LogP contribution in [0.3, 0.4) is 0 Å². The van der Waals surface area contributed by atoms with E-state index in [-0.39, 0.29) is 5.57 Å². The van der Waals surface area contributed by atoms with Crippen LogP contribution in [0.4, 0.5) is 5.69 Å². The molecule has 0 fully saturated rings. The number of carbonyl (C=O) groups excluding carboxylic acids is 1. The van der Waals surface area contributed by atoms with Gasteiger partial charge in [-0.3, -0.25) is 4.79 Å². The highest BCUT2D eigenvalue weighted by atomic mass is 16.5. The molecule has 0 radical (unpaired) electrons. The van der Waals surface area contributed by atoms with E-state index in [0.717, 1.165) is 12.0 Å². The second-order valence-corrected chi connectivity index (χ2v) is 6.86. The molecule has 0 saturated carbocycles. The summed E-state index contributed by atoms with van der Waals surface area (Å²) in [7, 11) is 1.55. The minimum atomic E-state index is -0.463. The van der Waals surface area contributed by atoms with Gasteiger partial charge in [0.25, 0.3) is 5.91 Å². The number of rotatable bonds is 8. The quantitative estimate of drug-likeness (QED) is 0.398. The third kappa shape index (κ3) is 5.97. The first-order valence-corrected chi connectivity index (χ1v) is 9.99. The molecule has 5 nitrogen and oxygen atoms in total. The van der Waals surface area contributed by atoms with Crippen LogP contribution in [0.2, 0.25) is 0 Å². The smallest absolute Gasteiger partial charge is 0.266 e. The van der Waals surface area contributed by atoms with E-state index in [1.54, 1.807) is 25.3 Å². The molecule has 0 aliphatic carbocycles. The van der Waals surface area contributed by atoms with Crippen molar-refractivity contribution in [1.82, 2.24) is 0 Å². The molecule has 0 heterocycles. The Morgan fingerprint density at radius 2 is 1.74 bits per heavy atom. The van der Waals surface area contributed by atoms with Crippen molar-refractivity contribution in [2.24, 2.45) is 0 Å². The normalized spacial score (nSPS) is 10.8. The van der Waals surface area contributed by atoms with Crippen LogP contribution in [0.1, 0.15) is 23.6 Å². The highest BCUT2D eigenvalue weighted by Gasteiger charge is 2.11. The van der Waals surface area contributed by atoms with Gasteiger partial charge in [-0.2, -0.15) is 5.26 Å². The van der Waals surface area contributed by atoms with Gasteiger partial charge in [0, 0.05) is 5.69 Å². The Bertz CT molecular complexity index is 1100. The fourth-order valence-corrected chi connectivity index (χ4v) is 2.97. The van der Waals surface area contributed by atoms with Gasteiger partial charge in [-0.05, 0) is 53.5 Å². The van der Waals surface area contributed by atoms with Gasteiger partial charge in [0.1, 0.15) is 18.2 Å². The number of nitriles is 1. The van der Waals surface area contributed by atoms with Crippen LogP contribution in [0, 0.1) is 11.3 Å². The number of hydrogen-bond donors (Lipinski definition) is 1. The van der Waals surface area contributed by atoms with E-state index < -0.39 is 5.91 Å². The summed E-state index contributed by atoms with van der Waals surface area (Å²) in [5, 5.41) is 12.2. The maximum atomic E-state index is 12.5. The molecule has 3 aromatic rings. The van der Waals surface area contributed by atoms with E-state index in [2.05, 4.69) is 12.2 Å². The maximum Gasteiger partial charge on any atom is 0.266 e. The molecule has 3 aromatic carbocycles. The number of carbonyl (C=O) groups is 1. The molecule has 0 aromatic heterocycles. The predicted octanol–water partition coefficient (Wildman–Crippen LogP) is 5.38. The summed E-state index contributed by atoms with van der Waals surface area (Å²) < 4.78 is 11.3. The summed E-state index contributed by atoms with van der Waals surface area (Å²) >= 11 is 0. The number of nitrogens with one attached hydrogen (secondary N) is 1. The van der Waals surface area contributed by atoms with Crippen molar-refractivity contribution < 1.29 is 14.3 Å². The van der Waals surface area contributed by atoms with E-state index in [1.165, 1.54) is 11.6 Å². The molecule has 0 aliphatic rings. The van der Waals surface area contributed by atoms with Crippen molar-refractivity contribution in [2.75, 3.05) is 12.4 Å². The lowest BCUT2D eigenvalue weighted by Gasteiger charge is -2.11. The van der Waals surface area contributed by atoms with Gasteiger partial charge in [0.2, 0.25) is 0 Å². The number of hydrogen-bond acceptors (Lipinski definition) is 4. The third-order valence-electron chi connectivity index (χ3n) is 4.72. The molecular formula is C26H24N2O3. The summed E-state index contributed by atoms with van der Waals surface area (Å²) in [6, 6.07) is 24.6. The van der Waals surface area contributed by atoms with E-state index in [4.69, 9.17) is 9.47 Å². The summed E-state index contributed by atoms with van der Waals surface area (Å²) in [6.07, 6.45) is 2.45. The molecule has 0 bridgehead atoms. The van der Waals surface area contributed by atoms with Crippen molar-refractivity contribution in [1.29, 1.82) is 5.26 Å². The SMILES string of the molecule is CCc1ccc(NC(=O)/C(C#N)=C\c2ccc(OCc3ccccc3)c(OC)c2)cc1. The van der Waals surface area contributed by atoms with Crippen LogP contribution in [-0.2, 0) is 17.8 Å². The average molecular weight is 412 g/mol. The standard InChI is InChI=1S/C26H24N2O3/c1-3-19-9-12-23(13-10-19)28-26(29)22(17-27)15-21-11-14-24(25(16-21)30-2)31-18-20-7-5-4-6-8-20/h4-16H,3,18H2,1-2H3,(H,28,29)/b22-15-. The largest absolute Gasteiger partial charge is 0.493 e. The molecule has 0 unspecified atom stereocenters. The Morgan fingerprint density at radius 1 is 1.00 bits per heavy atom. The highest BCUT2D eigenvalue weighted by molar-refractivity contribution is 6.09. The van der Waals surface area contributed by atoms with E-state index in [0.29, 0.717) is 29.4 Å². The van der Waals surface area contributed by atoms with Crippen LogP contribution in [0.15, 0.2) is 78.4 Å². The summed E-state index contributed by atoms with van der Waals surface area (Å²) in [5.74, 6) is 0.648. The number of aryl methyl sites for hydroxylation is 1. The molecule has 31 heavy (non-hydrogen) atoms. The van der Waals surface area contributed by atoms with Gasteiger partial charge < -0.3 is 14.8 Å². The molecular weight excluding hydrogens is 388 g/mol. The minimum absolute atomic E-state index is 0.000393. The zero-order chi connectivity index (χ0) is 22.1. The molecule has 0 aliphatic heterocycles. The van der Waals surface area contributed by atoms with Crippen LogP contribution in [0.25, 0.3) is 6.08 Å². The summed E-state index contributed by atoms with van der Waals surface area (Å²) in [5.41, 5.74) is 3.53. The lowest BCUT2D eigenvalue weighted by Crippen LogP contribution is -2.13. The van der Waals surface area contributed by atoms with Gasteiger partial charge in [-0.25, -0.2) is 0 Å². The molecule has 0 atom stereocenters. The number of amides is 1. The van der Waals surface area contributed by atoms with Crippen molar-refractivity contribution in [2.45, 2.75) is 20.0 Å². The van der Waals surface area contributed by atoms with Crippen LogP contribution in [0.5, 0.6) is 11.5 Å². The summed E-state index contributed by atoms with van der Waals surface area (Å²) in [4.78, 5) is 12.5. The van der Waals surface area contributed by atoms with Gasteiger partial charge in [0.05, 0.1) is 7.11 Å². The zero-order valence-corrected chi connectivity index (χ0v) is 17.6. The lowest BCUT2D eigenvalue weighted by atomic mass is 10.1. The molecule has 156 valence electrons. The average Bonchev–Trinajstić information content (AvgIpc) is 2.82. The van der Waals surface area contributed by atoms with E-state index in [1.807, 2.05) is 60.7 Å². The summed E-state index contributed by atoms with van der Waals surface area (Å²) in [6.45, 7) is 2.48. The Kier molecular flexibility index (Phi) is 7.45. The first kappa shape index (κ1) is 21.7. The second-order valence-electron chi connectivity index (χ2n) is 6.86. The van der Waals surface area contributed by atoms with Crippen LogP contribution >= 0.6 is 0 Å². The fraction of sp³-hybridized carbons (Fsp3) is 0.154. The number of benzene rings is 3. The van der Waals surface area contributed by atoms with Crippen molar-refractivity contribution in [3.05, 3.63) is 95.1 Å². The molecule has 3 rings (SSSR count). The Labute approximate surface area is 182 Å². The highest BCUT2D eigenvalue weighted by Crippen LogP contribution is 2.29. The lowest BCUT2D eigenvalue weighted by molar-refractivity contribution is -0.112. The zero-order valence-electron chi connectivity index (χ0n) is 17.6. The molecule has 5 heteroatoms.